The first-order valence-electron chi connectivity index (χ1n) is 7.46. The third kappa shape index (κ3) is 3.78. The van der Waals surface area contributed by atoms with Crippen molar-refractivity contribution in [3.05, 3.63) is 29.8 Å². The fourth-order valence-corrected chi connectivity index (χ4v) is 5.70. The maximum absolute atomic E-state index is 11.1. The maximum atomic E-state index is 11.1. The molecule has 1 fully saturated rings. The number of aliphatic hydroxyl groups is 1. The molecule has 3 heteroatoms. The van der Waals surface area contributed by atoms with Crippen molar-refractivity contribution in [2.75, 3.05) is 7.11 Å². The number of hydrogen-bond donors (Lipinski definition) is 1. The minimum atomic E-state index is -0.592. The van der Waals surface area contributed by atoms with Crippen LogP contribution in [0, 0.1) is 0 Å². The summed E-state index contributed by atoms with van der Waals surface area (Å²) in [4.78, 5) is 0. The van der Waals surface area contributed by atoms with Crippen LogP contribution in [-0.2, 0) is 0 Å². The third-order valence-electron chi connectivity index (χ3n) is 4.39. The second kappa shape index (κ2) is 6.97. The molecular weight excluding hydrogens is 315 g/mol. The monoisotopic (exact) mass is 343 g/mol. The summed E-state index contributed by atoms with van der Waals surface area (Å²) in [6.07, 6.45) is 5.53. The second-order valence-corrected chi connectivity index (χ2v) is 11.0. The fourth-order valence-electron chi connectivity index (χ4n) is 3.24. The first-order chi connectivity index (χ1) is 9.55. The molecule has 1 unspecified atom stereocenters. The van der Waals surface area contributed by atoms with Gasteiger partial charge < -0.3 is 0 Å². The molecule has 2 rings (SSSR count). The van der Waals surface area contributed by atoms with Gasteiger partial charge in [-0.3, -0.25) is 0 Å². The van der Waals surface area contributed by atoms with Crippen molar-refractivity contribution in [2.24, 2.45) is 0 Å². The summed E-state index contributed by atoms with van der Waals surface area (Å²) in [5.74, 6) is 5.92. The van der Waals surface area contributed by atoms with Gasteiger partial charge in [0.15, 0.2) is 0 Å². The van der Waals surface area contributed by atoms with E-state index in [0.29, 0.717) is 5.92 Å². The molecule has 0 spiro atoms. The van der Waals surface area contributed by atoms with Crippen LogP contribution in [0.5, 0.6) is 5.75 Å². The molecular formula is C17H27O2Se+. The Morgan fingerprint density at radius 2 is 1.75 bits per heavy atom. The molecule has 1 aromatic carbocycles. The zero-order valence-corrected chi connectivity index (χ0v) is 14.6. The summed E-state index contributed by atoms with van der Waals surface area (Å²) in [5.41, 5.74) is 0.799. The van der Waals surface area contributed by atoms with Gasteiger partial charge in [0.05, 0.1) is 0 Å². The van der Waals surface area contributed by atoms with Gasteiger partial charge in [-0.15, -0.1) is 0 Å². The van der Waals surface area contributed by atoms with Gasteiger partial charge >= 0.3 is 127 Å². The molecule has 1 aromatic rings. The predicted octanol–water partition coefficient (Wildman–Crippen LogP) is 4.23. The Morgan fingerprint density at radius 1 is 1.15 bits per heavy atom. The molecule has 1 atom stereocenters. The van der Waals surface area contributed by atoms with E-state index >= 15 is 0 Å². The first kappa shape index (κ1) is 15.9. The molecule has 0 amide bonds. The van der Waals surface area contributed by atoms with E-state index in [9.17, 15) is 5.11 Å². The minimum absolute atomic E-state index is 0.300. The summed E-state index contributed by atoms with van der Waals surface area (Å²) in [7, 11) is 1.70. The van der Waals surface area contributed by atoms with E-state index in [2.05, 4.69) is 23.8 Å². The molecule has 0 radical (unpaired) electrons. The van der Waals surface area contributed by atoms with Gasteiger partial charge in [0.1, 0.15) is 0 Å². The zero-order valence-electron chi connectivity index (χ0n) is 12.9. The number of hydrogen-bond acceptors (Lipinski definition) is 2. The van der Waals surface area contributed by atoms with E-state index in [-0.39, 0.29) is 0 Å². The topological polar surface area (TPSA) is 29.5 Å². The Kier molecular flexibility index (Phi) is 5.54. The molecule has 0 aromatic heterocycles. The zero-order chi connectivity index (χ0) is 14.6. The van der Waals surface area contributed by atoms with Crippen LogP contribution < -0.4 is 4.74 Å². The Balaban J connectivity index is 2.25. The average molecular weight is 342 g/mol. The normalized spacial score (nSPS) is 19.9. The molecule has 2 nitrogen and oxygen atoms in total. The van der Waals surface area contributed by atoms with E-state index in [4.69, 9.17) is 4.74 Å². The van der Waals surface area contributed by atoms with E-state index in [1.54, 1.807) is 7.11 Å². The van der Waals surface area contributed by atoms with Gasteiger partial charge in [0.25, 0.3) is 0 Å². The molecule has 0 bridgehead atoms. The van der Waals surface area contributed by atoms with Crippen molar-refractivity contribution in [1.29, 1.82) is 0 Å². The summed E-state index contributed by atoms with van der Waals surface area (Å²) >= 11 is -0.592. The molecule has 0 aliphatic heterocycles. The molecule has 20 heavy (non-hydrogen) atoms. The molecule has 1 saturated carbocycles. The van der Waals surface area contributed by atoms with E-state index in [1.165, 1.54) is 30.1 Å². The third-order valence-corrected chi connectivity index (χ3v) is 6.48. The van der Waals surface area contributed by atoms with Crippen LogP contribution in [0.25, 0.3) is 0 Å². The number of benzene rings is 1. The van der Waals surface area contributed by atoms with E-state index < -0.39 is 19.5 Å². The second-order valence-electron chi connectivity index (χ2n) is 6.14. The molecule has 1 aliphatic carbocycles. The van der Waals surface area contributed by atoms with Crippen molar-refractivity contribution >= 4 is 13.9 Å². The molecule has 0 heterocycles. The summed E-state index contributed by atoms with van der Waals surface area (Å²) in [6.45, 7) is 0. The van der Waals surface area contributed by atoms with Crippen molar-refractivity contribution in [1.82, 2.24) is 0 Å². The Hall–Kier alpha value is -0.501. The van der Waals surface area contributed by atoms with Crippen LogP contribution in [0.1, 0.15) is 43.6 Å². The van der Waals surface area contributed by atoms with Gasteiger partial charge in [-0.25, -0.2) is 0 Å². The number of methoxy groups -OCH3 is 1. The van der Waals surface area contributed by atoms with Crippen molar-refractivity contribution < 1.29 is 9.84 Å². The fraction of sp³-hybridized carbons (Fsp3) is 0.647. The quantitative estimate of drug-likeness (QED) is 0.812. The van der Waals surface area contributed by atoms with E-state index in [1.807, 2.05) is 12.1 Å². The van der Waals surface area contributed by atoms with Crippen molar-refractivity contribution in [3.63, 3.8) is 0 Å². The SMILES string of the molecule is COc1ccc(C(C[Se+](C)C)C2(O)CCCCC2)cc1. The van der Waals surface area contributed by atoms with E-state index in [0.717, 1.165) is 18.6 Å². The average Bonchev–Trinajstić information content (AvgIpc) is 2.45. The standard InChI is InChI=1S/C17H27O2Se/c1-19-15-9-7-14(8-10-15)16(13-20(2)3)17(18)11-5-4-6-12-17/h7-10,16,18H,4-6,11-13H2,1-3H3/q+1. The molecule has 0 saturated heterocycles. The van der Waals surface area contributed by atoms with Crippen molar-refractivity contribution in [2.45, 2.75) is 60.6 Å². The van der Waals surface area contributed by atoms with Crippen LogP contribution in [0.15, 0.2) is 24.3 Å². The summed E-state index contributed by atoms with van der Waals surface area (Å²) in [5, 5.41) is 12.3. The van der Waals surface area contributed by atoms with Gasteiger partial charge in [0.2, 0.25) is 0 Å². The Bertz CT molecular complexity index is 408. The van der Waals surface area contributed by atoms with Gasteiger partial charge in [-0.05, 0) is 0 Å². The molecule has 1 aliphatic rings. The van der Waals surface area contributed by atoms with Crippen LogP contribution in [0.4, 0.5) is 0 Å². The summed E-state index contributed by atoms with van der Waals surface area (Å²) < 4.78 is 5.25. The Labute approximate surface area is 127 Å². The molecule has 112 valence electrons. The van der Waals surface area contributed by atoms with Crippen LogP contribution >= 0.6 is 0 Å². The van der Waals surface area contributed by atoms with Gasteiger partial charge in [0, 0.05) is 0 Å². The molecule has 1 N–H and O–H groups in total. The number of ether oxygens (including phenoxy) is 1. The van der Waals surface area contributed by atoms with Gasteiger partial charge in [-0.1, -0.05) is 0 Å². The van der Waals surface area contributed by atoms with Gasteiger partial charge in [-0.2, -0.15) is 0 Å². The van der Waals surface area contributed by atoms with Crippen LogP contribution in [-0.4, -0.2) is 31.7 Å². The Morgan fingerprint density at radius 3 is 2.25 bits per heavy atom. The summed E-state index contributed by atoms with van der Waals surface area (Å²) in [6, 6.07) is 8.33. The number of rotatable bonds is 5. The van der Waals surface area contributed by atoms with Crippen LogP contribution in [0.3, 0.4) is 0 Å². The van der Waals surface area contributed by atoms with Crippen molar-refractivity contribution in [3.8, 4) is 5.75 Å². The van der Waals surface area contributed by atoms with Crippen LogP contribution in [0.2, 0.25) is 17.0 Å². The first-order valence-corrected chi connectivity index (χ1v) is 12.1. The predicted molar refractivity (Wildman–Crippen MR) is 86.1 cm³/mol.